The van der Waals surface area contributed by atoms with E-state index in [0.29, 0.717) is 16.5 Å². The maximum absolute atomic E-state index is 13.3. The molecule has 0 bridgehead atoms. The second-order valence-electron chi connectivity index (χ2n) is 5.77. The van der Waals surface area contributed by atoms with Gasteiger partial charge in [0.1, 0.15) is 17.9 Å². The van der Waals surface area contributed by atoms with Gasteiger partial charge in [0.15, 0.2) is 5.16 Å². The Morgan fingerprint density at radius 2 is 2.04 bits per heavy atom. The summed E-state index contributed by atoms with van der Waals surface area (Å²) in [5.74, 6) is 0.560. The Balaban J connectivity index is 1.96. The monoisotopic (exact) mass is 354 g/mol. The fraction of sp³-hybridized carbons (Fsp3) is 0.222. The van der Waals surface area contributed by atoms with Gasteiger partial charge in [-0.05, 0) is 43.0 Å². The van der Waals surface area contributed by atoms with E-state index in [1.807, 2.05) is 16.9 Å². The molecule has 2 aromatic heterocycles. The Hall–Kier alpha value is -2.54. The predicted octanol–water partition coefficient (Wildman–Crippen LogP) is 3.55. The van der Waals surface area contributed by atoms with Crippen LogP contribution in [0.15, 0.2) is 41.7 Å². The molecule has 0 saturated carbocycles. The lowest BCUT2D eigenvalue weighted by atomic mass is 10.1. The Morgan fingerprint density at radius 1 is 1.24 bits per heavy atom. The lowest BCUT2D eigenvalue weighted by molar-refractivity contribution is -0.110. The molecule has 1 aliphatic heterocycles. The number of aromatic nitrogens is 4. The largest absolute Gasteiger partial charge is 0.316 e. The maximum atomic E-state index is 13.3. The van der Waals surface area contributed by atoms with Gasteiger partial charge in [-0.2, -0.15) is 0 Å². The minimum absolute atomic E-state index is 0.251. The number of rotatable bonds is 4. The van der Waals surface area contributed by atoms with E-state index in [2.05, 4.69) is 9.97 Å². The fourth-order valence-electron chi connectivity index (χ4n) is 3.17. The lowest BCUT2D eigenvalue weighted by Crippen LogP contribution is -2.08. The van der Waals surface area contributed by atoms with Crippen molar-refractivity contribution in [1.82, 2.24) is 19.5 Å². The van der Waals surface area contributed by atoms with Crippen LogP contribution in [0.4, 0.5) is 4.39 Å². The van der Waals surface area contributed by atoms with Gasteiger partial charge in [-0.1, -0.05) is 11.8 Å². The van der Waals surface area contributed by atoms with E-state index in [-0.39, 0.29) is 11.9 Å². The molecule has 126 valence electrons. The highest BCUT2D eigenvalue weighted by molar-refractivity contribution is 7.98. The Kier molecular flexibility index (Phi) is 4.09. The summed E-state index contributed by atoms with van der Waals surface area (Å²) in [5.41, 5.74) is 3.01. The molecule has 1 aliphatic rings. The summed E-state index contributed by atoms with van der Waals surface area (Å²) in [6.07, 6.45) is 6.04. The third-order valence-corrected chi connectivity index (χ3v) is 4.87. The average Bonchev–Trinajstić information content (AvgIpc) is 3.21. The van der Waals surface area contributed by atoms with E-state index < -0.39 is 0 Å². The van der Waals surface area contributed by atoms with Crippen molar-refractivity contribution in [1.29, 1.82) is 0 Å². The van der Waals surface area contributed by atoms with Crippen molar-refractivity contribution < 1.29 is 9.18 Å². The summed E-state index contributed by atoms with van der Waals surface area (Å²) in [6, 6.07) is 7.78. The molecule has 0 fully saturated rings. The van der Waals surface area contributed by atoms with Gasteiger partial charge in [0.05, 0.1) is 23.1 Å². The average molecular weight is 354 g/mol. The van der Waals surface area contributed by atoms with E-state index in [1.54, 1.807) is 18.3 Å². The zero-order valence-electron chi connectivity index (χ0n) is 13.5. The van der Waals surface area contributed by atoms with Crippen LogP contribution in [-0.2, 0) is 11.2 Å². The second kappa shape index (κ2) is 6.40. The fourth-order valence-corrected chi connectivity index (χ4v) is 3.53. The quantitative estimate of drug-likeness (QED) is 0.407. The first-order valence-electron chi connectivity index (χ1n) is 7.91. The number of nitrogens with zero attached hydrogens (tertiary/aromatic N) is 4. The van der Waals surface area contributed by atoms with Gasteiger partial charge in [0.25, 0.3) is 0 Å². The van der Waals surface area contributed by atoms with Crippen LogP contribution in [-0.4, -0.2) is 32.1 Å². The number of carbonyl (C=O) groups is 1. The van der Waals surface area contributed by atoms with Crippen molar-refractivity contribution in [3.63, 3.8) is 0 Å². The molecule has 0 spiro atoms. The van der Waals surface area contributed by atoms with Crippen LogP contribution in [0.3, 0.4) is 0 Å². The number of aldehydes is 1. The molecule has 0 radical (unpaired) electrons. The summed E-state index contributed by atoms with van der Waals surface area (Å²) < 4.78 is 15.3. The van der Waals surface area contributed by atoms with Gasteiger partial charge >= 0.3 is 0 Å². The standard InChI is InChI=1S/C18H15FN4OS/c1-25-18-20-9-8-14(21-18)17-16(11-2-4-12(19)5-3-11)22-15-7-6-13(10-24)23(15)17/h2-5,8-10,13H,6-7H2,1H3. The van der Waals surface area contributed by atoms with E-state index in [1.165, 1.54) is 23.9 Å². The topological polar surface area (TPSA) is 60.7 Å². The number of fused-ring (bicyclic) bond motifs is 1. The van der Waals surface area contributed by atoms with Gasteiger partial charge in [-0.25, -0.2) is 19.3 Å². The van der Waals surface area contributed by atoms with Crippen molar-refractivity contribution >= 4 is 18.0 Å². The van der Waals surface area contributed by atoms with Crippen molar-refractivity contribution in [2.75, 3.05) is 6.26 Å². The molecule has 1 atom stereocenters. The molecule has 25 heavy (non-hydrogen) atoms. The molecule has 7 heteroatoms. The number of imidazole rings is 1. The smallest absolute Gasteiger partial charge is 0.187 e. The van der Waals surface area contributed by atoms with Crippen LogP contribution in [0.2, 0.25) is 0 Å². The number of thioether (sulfide) groups is 1. The number of carbonyl (C=O) groups excluding carboxylic acids is 1. The molecule has 0 saturated heterocycles. The summed E-state index contributed by atoms with van der Waals surface area (Å²) in [5, 5.41) is 0.652. The van der Waals surface area contributed by atoms with Crippen molar-refractivity contribution in [3.8, 4) is 22.6 Å². The minimum Gasteiger partial charge on any atom is -0.316 e. The van der Waals surface area contributed by atoms with Crippen molar-refractivity contribution in [2.45, 2.75) is 24.0 Å². The zero-order chi connectivity index (χ0) is 17.4. The van der Waals surface area contributed by atoms with Crippen LogP contribution in [0.1, 0.15) is 18.3 Å². The third kappa shape index (κ3) is 2.74. The number of hydrogen-bond donors (Lipinski definition) is 0. The Labute approximate surface area is 148 Å². The Bertz CT molecular complexity index is 939. The molecule has 0 aliphatic carbocycles. The molecule has 0 amide bonds. The normalized spacial score (nSPS) is 16.0. The van der Waals surface area contributed by atoms with Crippen molar-refractivity contribution in [3.05, 3.63) is 48.2 Å². The molecular weight excluding hydrogens is 339 g/mol. The molecular formula is C18H15FN4OS. The number of halogens is 1. The second-order valence-corrected chi connectivity index (χ2v) is 6.55. The third-order valence-electron chi connectivity index (χ3n) is 4.31. The molecule has 3 aromatic rings. The predicted molar refractivity (Wildman–Crippen MR) is 93.9 cm³/mol. The van der Waals surface area contributed by atoms with Crippen LogP contribution < -0.4 is 0 Å². The first-order valence-corrected chi connectivity index (χ1v) is 9.13. The lowest BCUT2D eigenvalue weighted by Gasteiger charge is -2.12. The van der Waals surface area contributed by atoms with Crippen LogP contribution in [0.25, 0.3) is 22.6 Å². The van der Waals surface area contributed by atoms with Crippen molar-refractivity contribution in [2.24, 2.45) is 0 Å². The molecule has 0 N–H and O–H groups in total. The molecule has 4 rings (SSSR count). The summed E-state index contributed by atoms with van der Waals surface area (Å²) in [6.45, 7) is 0. The maximum Gasteiger partial charge on any atom is 0.187 e. The van der Waals surface area contributed by atoms with Gasteiger partial charge < -0.3 is 9.36 Å². The highest BCUT2D eigenvalue weighted by atomic mass is 32.2. The SMILES string of the molecule is CSc1nccc(-c2c(-c3ccc(F)cc3)nc3n2C(C=O)CC3)n1. The van der Waals surface area contributed by atoms with Crippen LogP contribution in [0, 0.1) is 5.82 Å². The van der Waals surface area contributed by atoms with Crippen LogP contribution >= 0.6 is 11.8 Å². The van der Waals surface area contributed by atoms with Gasteiger partial charge in [0.2, 0.25) is 0 Å². The highest BCUT2D eigenvalue weighted by Crippen LogP contribution is 2.38. The molecule has 5 nitrogen and oxygen atoms in total. The van der Waals surface area contributed by atoms with Gasteiger partial charge in [-0.3, -0.25) is 0 Å². The summed E-state index contributed by atoms with van der Waals surface area (Å²) in [7, 11) is 0. The van der Waals surface area contributed by atoms with E-state index in [0.717, 1.165) is 36.2 Å². The van der Waals surface area contributed by atoms with Gasteiger partial charge in [-0.15, -0.1) is 0 Å². The number of aryl methyl sites for hydroxylation is 1. The van der Waals surface area contributed by atoms with E-state index >= 15 is 0 Å². The number of benzene rings is 1. The van der Waals surface area contributed by atoms with Crippen LogP contribution in [0.5, 0.6) is 0 Å². The molecule has 3 heterocycles. The number of hydrogen-bond acceptors (Lipinski definition) is 5. The Morgan fingerprint density at radius 3 is 2.76 bits per heavy atom. The highest BCUT2D eigenvalue weighted by Gasteiger charge is 2.30. The summed E-state index contributed by atoms with van der Waals surface area (Å²) in [4.78, 5) is 25.1. The first-order chi connectivity index (χ1) is 12.2. The molecule has 1 aromatic carbocycles. The first kappa shape index (κ1) is 16.0. The zero-order valence-corrected chi connectivity index (χ0v) is 14.3. The van der Waals surface area contributed by atoms with E-state index in [4.69, 9.17) is 4.98 Å². The summed E-state index contributed by atoms with van der Waals surface area (Å²) >= 11 is 1.45. The van der Waals surface area contributed by atoms with E-state index in [9.17, 15) is 9.18 Å². The van der Waals surface area contributed by atoms with Gasteiger partial charge in [0, 0.05) is 18.2 Å². The molecule has 1 unspecified atom stereocenters. The minimum atomic E-state index is -0.297.